The Kier molecular flexibility index (Phi) is 5.54. The maximum absolute atomic E-state index is 5.94. The highest BCUT2D eigenvalue weighted by molar-refractivity contribution is 7.99. The van der Waals surface area contributed by atoms with Crippen molar-refractivity contribution >= 4 is 11.8 Å². The van der Waals surface area contributed by atoms with E-state index in [0.29, 0.717) is 6.10 Å². The van der Waals surface area contributed by atoms with Crippen LogP contribution in [0, 0.1) is 6.92 Å². The number of hydrogen-bond acceptors (Lipinski definition) is 3. The van der Waals surface area contributed by atoms with Gasteiger partial charge in [0.05, 0.1) is 12.7 Å². The fourth-order valence-corrected chi connectivity index (χ4v) is 3.81. The SMILES string of the molecule is Cc1ccccc1SCC1CN(Cc2ccccc2)CCO1. The van der Waals surface area contributed by atoms with E-state index in [9.17, 15) is 0 Å². The van der Waals surface area contributed by atoms with Gasteiger partial charge in [0.1, 0.15) is 0 Å². The van der Waals surface area contributed by atoms with Crippen LogP contribution in [0.3, 0.4) is 0 Å². The van der Waals surface area contributed by atoms with E-state index in [0.717, 1.165) is 32.0 Å². The van der Waals surface area contributed by atoms with Crippen LogP contribution in [0.15, 0.2) is 59.5 Å². The van der Waals surface area contributed by atoms with Crippen LogP contribution >= 0.6 is 11.8 Å². The number of ether oxygens (including phenoxy) is 1. The normalized spacial score (nSPS) is 19.2. The van der Waals surface area contributed by atoms with E-state index in [-0.39, 0.29) is 0 Å². The molecule has 0 amide bonds. The first-order chi connectivity index (χ1) is 10.8. The fraction of sp³-hybridized carbons (Fsp3) is 0.368. The quantitative estimate of drug-likeness (QED) is 0.775. The first-order valence-corrected chi connectivity index (χ1v) is 8.86. The van der Waals surface area contributed by atoms with Crippen molar-refractivity contribution in [2.45, 2.75) is 24.5 Å². The summed E-state index contributed by atoms with van der Waals surface area (Å²) in [5.74, 6) is 1.02. The number of nitrogens with zero attached hydrogens (tertiary/aromatic N) is 1. The molecule has 0 N–H and O–H groups in total. The Morgan fingerprint density at radius 1 is 1.09 bits per heavy atom. The van der Waals surface area contributed by atoms with Gasteiger partial charge < -0.3 is 4.74 Å². The molecule has 0 radical (unpaired) electrons. The minimum atomic E-state index is 0.321. The van der Waals surface area contributed by atoms with E-state index in [4.69, 9.17) is 4.74 Å². The second-order valence-electron chi connectivity index (χ2n) is 5.79. The standard InChI is InChI=1S/C19H23NOS/c1-16-7-5-6-10-19(16)22-15-18-14-20(11-12-21-18)13-17-8-3-2-4-9-17/h2-10,18H,11-15H2,1H3. The van der Waals surface area contributed by atoms with Crippen LogP contribution in [0.25, 0.3) is 0 Å². The largest absolute Gasteiger partial charge is 0.375 e. The van der Waals surface area contributed by atoms with Crippen LogP contribution in [-0.4, -0.2) is 36.5 Å². The second kappa shape index (κ2) is 7.82. The zero-order valence-electron chi connectivity index (χ0n) is 13.1. The summed E-state index contributed by atoms with van der Waals surface area (Å²) in [5.41, 5.74) is 2.74. The molecule has 0 bridgehead atoms. The van der Waals surface area contributed by atoms with Crippen molar-refractivity contribution in [2.75, 3.05) is 25.4 Å². The van der Waals surface area contributed by atoms with Gasteiger partial charge in [0.2, 0.25) is 0 Å². The molecular weight excluding hydrogens is 290 g/mol. The van der Waals surface area contributed by atoms with Gasteiger partial charge in [-0.05, 0) is 24.1 Å². The number of rotatable bonds is 5. The molecule has 2 aromatic carbocycles. The zero-order chi connectivity index (χ0) is 15.2. The number of morpholine rings is 1. The topological polar surface area (TPSA) is 12.5 Å². The lowest BCUT2D eigenvalue weighted by Gasteiger charge is -2.32. The first-order valence-electron chi connectivity index (χ1n) is 7.87. The summed E-state index contributed by atoms with van der Waals surface area (Å²) < 4.78 is 5.94. The minimum absolute atomic E-state index is 0.321. The maximum atomic E-state index is 5.94. The first kappa shape index (κ1) is 15.6. The molecule has 3 heteroatoms. The molecule has 116 valence electrons. The number of benzene rings is 2. The molecule has 1 heterocycles. The van der Waals surface area contributed by atoms with Gasteiger partial charge in [0, 0.05) is 30.3 Å². The lowest BCUT2D eigenvalue weighted by Crippen LogP contribution is -2.43. The Morgan fingerprint density at radius 3 is 2.68 bits per heavy atom. The predicted molar refractivity (Wildman–Crippen MR) is 93.4 cm³/mol. The van der Waals surface area contributed by atoms with E-state index < -0.39 is 0 Å². The minimum Gasteiger partial charge on any atom is -0.375 e. The molecule has 1 atom stereocenters. The Hall–Kier alpha value is -1.29. The zero-order valence-corrected chi connectivity index (χ0v) is 13.9. The van der Waals surface area contributed by atoms with E-state index in [1.54, 1.807) is 0 Å². The van der Waals surface area contributed by atoms with Crippen molar-refractivity contribution < 1.29 is 4.74 Å². The molecule has 0 aliphatic carbocycles. The van der Waals surface area contributed by atoms with Crippen molar-refractivity contribution in [3.63, 3.8) is 0 Å². The van der Waals surface area contributed by atoms with Gasteiger partial charge in [-0.15, -0.1) is 11.8 Å². The van der Waals surface area contributed by atoms with Crippen LogP contribution in [0.1, 0.15) is 11.1 Å². The van der Waals surface area contributed by atoms with Crippen molar-refractivity contribution in [2.24, 2.45) is 0 Å². The lowest BCUT2D eigenvalue weighted by atomic mass is 10.2. The predicted octanol–water partition coefficient (Wildman–Crippen LogP) is 3.99. The van der Waals surface area contributed by atoms with Gasteiger partial charge in [-0.25, -0.2) is 0 Å². The van der Waals surface area contributed by atoms with Gasteiger partial charge in [0.15, 0.2) is 0 Å². The molecule has 2 aromatic rings. The highest BCUT2D eigenvalue weighted by Crippen LogP contribution is 2.24. The molecule has 2 nitrogen and oxygen atoms in total. The number of thioether (sulfide) groups is 1. The molecule has 1 aliphatic rings. The summed E-state index contributed by atoms with van der Waals surface area (Å²) in [5, 5.41) is 0. The average molecular weight is 313 g/mol. The third kappa shape index (κ3) is 4.35. The van der Waals surface area contributed by atoms with E-state index in [1.807, 2.05) is 11.8 Å². The number of aryl methyl sites for hydroxylation is 1. The van der Waals surface area contributed by atoms with Crippen LogP contribution < -0.4 is 0 Å². The molecule has 0 aromatic heterocycles. The van der Waals surface area contributed by atoms with Crippen LogP contribution in [0.5, 0.6) is 0 Å². The molecule has 0 saturated carbocycles. The van der Waals surface area contributed by atoms with E-state index in [1.165, 1.54) is 16.0 Å². The van der Waals surface area contributed by atoms with Crippen LogP contribution in [-0.2, 0) is 11.3 Å². The molecule has 1 fully saturated rings. The van der Waals surface area contributed by atoms with Crippen LogP contribution in [0.2, 0.25) is 0 Å². The van der Waals surface area contributed by atoms with Gasteiger partial charge >= 0.3 is 0 Å². The van der Waals surface area contributed by atoms with Gasteiger partial charge in [-0.3, -0.25) is 4.90 Å². The van der Waals surface area contributed by atoms with Gasteiger partial charge in [-0.1, -0.05) is 48.5 Å². The summed E-state index contributed by atoms with van der Waals surface area (Å²) >= 11 is 1.91. The molecule has 22 heavy (non-hydrogen) atoms. The third-order valence-electron chi connectivity index (χ3n) is 3.99. The third-order valence-corrected chi connectivity index (χ3v) is 5.30. The molecule has 1 saturated heterocycles. The number of hydrogen-bond donors (Lipinski definition) is 0. The highest BCUT2D eigenvalue weighted by atomic mass is 32.2. The molecular formula is C19H23NOS. The molecule has 1 unspecified atom stereocenters. The summed E-state index contributed by atoms with van der Waals surface area (Å²) in [6.45, 7) is 6.08. The van der Waals surface area contributed by atoms with E-state index in [2.05, 4.69) is 66.4 Å². The molecule has 1 aliphatic heterocycles. The van der Waals surface area contributed by atoms with E-state index >= 15 is 0 Å². The summed E-state index contributed by atoms with van der Waals surface area (Å²) in [6.07, 6.45) is 0.321. The van der Waals surface area contributed by atoms with Crippen molar-refractivity contribution in [1.82, 2.24) is 4.90 Å². The summed E-state index contributed by atoms with van der Waals surface area (Å²) in [4.78, 5) is 3.87. The molecule has 0 spiro atoms. The smallest absolute Gasteiger partial charge is 0.0796 e. The highest BCUT2D eigenvalue weighted by Gasteiger charge is 2.20. The molecule has 3 rings (SSSR count). The van der Waals surface area contributed by atoms with Crippen molar-refractivity contribution in [3.05, 3.63) is 65.7 Å². The fourth-order valence-electron chi connectivity index (χ4n) is 2.77. The van der Waals surface area contributed by atoms with Gasteiger partial charge in [0.25, 0.3) is 0 Å². The second-order valence-corrected chi connectivity index (χ2v) is 6.85. The Bertz CT molecular complexity index is 587. The summed E-state index contributed by atoms with van der Waals surface area (Å²) in [6, 6.07) is 19.3. The monoisotopic (exact) mass is 313 g/mol. The Labute approximate surface area is 137 Å². The van der Waals surface area contributed by atoms with Crippen molar-refractivity contribution in [3.8, 4) is 0 Å². The summed E-state index contributed by atoms with van der Waals surface area (Å²) in [7, 11) is 0. The average Bonchev–Trinajstić information content (AvgIpc) is 2.55. The Balaban J connectivity index is 1.51. The Morgan fingerprint density at radius 2 is 1.86 bits per heavy atom. The lowest BCUT2D eigenvalue weighted by molar-refractivity contribution is -0.0187. The van der Waals surface area contributed by atoms with Gasteiger partial charge in [-0.2, -0.15) is 0 Å². The maximum Gasteiger partial charge on any atom is 0.0796 e. The van der Waals surface area contributed by atoms with Crippen molar-refractivity contribution in [1.29, 1.82) is 0 Å². The van der Waals surface area contributed by atoms with Crippen LogP contribution in [0.4, 0.5) is 0 Å².